The number of aromatic carboxylic acids is 1. The van der Waals surface area contributed by atoms with Crippen molar-refractivity contribution in [2.24, 2.45) is 5.73 Å². The number of carboxylic acid groups (broad SMARTS) is 1. The zero-order valence-corrected chi connectivity index (χ0v) is 9.13. The third-order valence-electron chi connectivity index (χ3n) is 2.02. The van der Waals surface area contributed by atoms with Crippen LogP contribution < -0.4 is 5.73 Å². The normalized spacial score (nSPS) is 14.1. The number of pyridine rings is 1. The predicted molar refractivity (Wildman–Crippen MR) is 56.4 cm³/mol. The highest BCUT2D eigenvalue weighted by Crippen LogP contribution is 2.24. The quantitative estimate of drug-likeness (QED) is 0.530. The van der Waals surface area contributed by atoms with E-state index in [4.69, 9.17) is 22.4 Å². The summed E-state index contributed by atoms with van der Waals surface area (Å²) in [7, 11) is 0. The maximum Gasteiger partial charge on any atom is 0.337 e. The largest absolute Gasteiger partial charge is 0.478 e. The van der Waals surface area contributed by atoms with Crippen LogP contribution in [0.4, 0.5) is 0 Å². The minimum Gasteiger partial charge on any atom is -0.478 e. The van der Waals surface area contributed by atoms with Gasteiger partial charge in [-0.15, -0.1) is 0 Å². The Labute approximate surface area is 100 Å². The molecule has 2 atom stereocenters. The van der Waals surface area contributed by atoms with Gasteiger partial charge < -0.3 is 21.1 Å². The fourth-order valence-corrected chi connectivity index (χ4v) is 1.33. The Kier molecular flexibility index (Phi) is 4.00. The SMILES string of the molecule is NC(=O)C(O)C(O)c1cc(C(=O)O)cnc1Cl. The molecule has 0 spiro atoms. The molecule has 17 heavy (non-hydrogen) atoms. The summed E-state index contributed by atoms with van der Waals surface area (Å²) < 4.78 is 0. The number of amides is 1. The monoisotopic (exact) mass is 260 g/mol. The number of aliphatic hydroxyl groups is 2. The number of carbonyl (C=O) groups is 2. The van der Waals surface area contributed by atoms with E-state index in [2.05, 4.69) is 4.98 Å². The van der Waals surface area contributed by atoms with Gasteiger partial charge in [0.05, 0.1) is 5.56 Å². The van der Waals surface area contributed by atoms with Crippen molar-refractivity contribution in [2.75, 3.05) is 0 Å². The lowest BCUT2D eigenvalue weighted by molar-refractivity contribution is -0.131. The van der Waals surface area contributed by atoms with E-state index in [0.29, 0.717) is 0 Å². The van der Waals surface area contributed by atoms with E-state index in [-0.39, 0.29) is 16.3 Å². The molecular weight excluding hydrogens is 252 g/mol. The van der Waals surface area contributed by atoms with E-state index < -0.39 is 24.1 Å². The number of carboxylic acids is 1. The van der Waals surface area contributed by atoms with Gasteiger partial charge in [-0.2, -0.15) is 0 Å². The van der Waals surface area contributed by atoms with E-state index in [9.17, 15) is 19.8 Å². The van der Waals surface area contributed by atoms with Crippen LogP contribution in [0, 0.1) is 0 Å². The van der Waals surface area contributed by atoms with Crippen molar-refractivity contribution in [1.29, 1.82) is 0 Å². The highest BCUT2D eigenvalue weighted by Gasteiger charge is 2.26. The van der Waals surface area contributed by atoms with Gasteiger partial charge in [0.25, 0.3) is 0 Å². The van der Waals surface area contributed by atoms with Crippen molar-refractivity contribution in [3.05, 3.63) is 28.5 Å². The Morgan fingerprint density at radius 1 is 1.41 bits per heavy atom. The number of hydrogen-bond acceptors (Lipinski definition) is 5. The van der Waals surface area contributed by atoms with Gasteiger partial charge in [0.15, 0.2) is 6.10 Å². The van der Waals surface area contributed by atoms with Crippen molar-refractivity contribution in [3.8, 4) is 0 Å². The van der Waals surface area contributed by atoms with Gasteiger partial charge in [0.1, 0.15) is 11.3 Å². The summed E-state index contributed by atoms with van der Waals surface area (Å²) in [6, 6.07) is 1.01. The van der Waals surface area contributed by atoms with E-state index in [0.717, 1.165) is 12.3 Å². The summed E-state index contributed by atoms with van der Waals surface area (Å²) in [4.78, 5) is 24.9. The second kappa shape index (κ2) is 5.09. The summed E-state index contributed by atoms with van der Waals surface area (Å²) in [5.41, 5.74) is 4.37. The van der Waals surface area contributed by atoms with Gasteiger partial charge in [0, 0.05) is 11.8 Å². The van der Waals surface area contributed by atoms with Crippen molar-refractivity contribution in [3.63, 3.8) is 0 Å². The Morgan fingerprint density at radius 3 is 2.47 bits per heavy atom. The molecule has 0 fully saturated rings. The fourth-order valence-electron chi connectivity index (χ4n) is 1.12. The smallest absolute Gasteiger partial charge is 0.337 e. The molecule has 5 N–H and O–H groups in total. The van der Waals surface area contributed by atoms with Crippen LogP contribution in [-0.2, 0) is 4.79 Å². The fraction of sp³-hybridized carbons (Fsp3) is 0.222. The molecule has 92 valence electrons. The molecule has 1 rings (SSSR count). The lowest BCUT2D eigenvalue weighted by Crippen LogP contribution is -2.34. The molecule has 0 radical (unpaired) electrons. The Bertz CT molecular complexity index is 465. The Morgan fingerprint density at radius 2 is 2.00 bits per heavy atom. The average molecular weight is 261 g/mol. The molecule has 8 heteroatoms. The molecule has 1 amide bonds. The van der Waals surface area contributed by atoms with E-state index in [1.54, 1.807) is 0 Å². The standard InChI is InChI=1S/C9H9ClN2O5/c10-7-4(5(13)6(14)8(11)15)1-3(2-12-7)9(16)17/h1-2,5-6,13-14H,(H2,11,15)(H,16,17). The summed E-state index contributed by atoms with van der Waals surface area (Å²) in [5.74, 6) is -2.44. The van der Waals surface area contributed by atoms with Gasteiger partial charge in [0.2, 0.25) is 5.91 Å². The van der Waals surface area contributed by atoms with Crippen molar-refractivity contribution in [1.82, 2.24) is 4.98 Å². The Hall–Kier alpha value is -1.70. The van der Waals surface area contributed by atoms with E-state index >= 15 is 0 Å². The topological polar surface area (TPSA) is 134 Å². The first-order valence-corrected chi connectivity index (χ1v) is 4.76. The van der Waals surface area contributed by atoms with Crippen molar-refractivity contribution >= 4 is 23.5 Å². The summed E-state index contributed by atoms with van der Waals surface area (Å²) in [6.45, 7) is 0. The summed E-state index contributed by atoms with van der Waals surface area (Å²) in [6.07, 6.45) is -2.64. The Balaban J connectivity index is 3.16. The van der Waals surface area contributed by atoms with Crippen LogP contribution >= 0.6 is 11.6 Å². The number of nitrogens with zero attached hydrogens (tertiary/aromatic N) is 1. The minimum absolute atomic E-state index is 0.183. The minimum atomic E-state index is -1.89. The molecule has 0 aliphatic heterocycles. The first-order chi connectivity index (χ1) is 7.84. The number of rotatable bonds is 4. The summed E-state index contributed by atoms with van der Waals surface area (Å²) >= 11 is 5.62. The van der Waals surface area contributed by atoms with Gasteiger partial charge in [-0.05, 0) is 6.07 Å². The molecule has 1 aromatic heterocycles. The van der Waals surface area contributed by atoms with Crippen LogP contribution in [0.2, 0.25) is 5.15 Å². The number of aromatic nitrogens is 1. The van der Waals surface area contributed by atoms with Gasteiger partial charge in [-0.1, -0.05) is 11.6 Å². The number of aliphatic hydroxyl groups excluding tert-OH is 2. The molecule has 0 aliphatic rings. The van der Waals surface area contributed by atoms with Crippen LogP contribution in [0.15, 0.2) is 12.3 Å². The third kappa shape index (κ3) is 2.90. The molecule has 0 aromatic carbocycles. The molecule has 0 saturated carbocycles. The van der Waals surface area contributed by atoms with E-state index in [1.165, 1.54) is 0 Å². The highest BCUT2D eigenvalue weighted by atomic mass is 35.5. The van der Waals surface area contributed by atoms with Crippen LogP contribution in [0.1, 0.15) is 22.0 Å². The zero-order valence-electron chi connectivity index (χ0n) is 8.37. The molecule has 0 bridgehead atoms. The van der Waals surface area contributed by atoms with Crippen LogP contribution in [0.5, 0.6) is 0 Å². The first-order valence-electron chi connectivity index (χ1n) is 4.38. The lowest BCUT2D eigenvalue weighted by atomic mass is 10.0. The number of primary amides is 1. The molecule has 1 aromatic rings. The van der Waals surface area contributed by atoms with E-state index in [1.807, 2.05) is 0 Å². The molecule has 1 heterocycles. The predicted octanol–water partition coefficient (Wildman–Crippen LogP) is -0.687. The van der Waals surface area contributed by atoms with Gasteiger partial charge >= 0.3 is 5.97 Å². The van der Waals surface area contributed by atoms with Crippen molar-refractivity contribution in [2.45, 2.75) is 12.2 Å². The second-order valence-corrected chi connectivity index (χ2v) is 3.56. The molecule has 0 aliphatic carbocycles. The maximum absolute atomic E-state index is 10.7. The third-order valence-corrected chi connectivity index (χ3v) is 2.34. The zero-order chi connectivity index (χ0) is 13.2. The van der Waals surface area contributed by atoms with Crippen LogP contribution in [0.3, 0.4) is 0 Å². The summed E-state index contributed by atoms with van der Waals surface area (Å²) in [5, 5.41) is 27.3. The lowest BCUT2D eigenvalue weighted by Gasteiger charge is -2.16. The van der Waals surface area contributed by atoms with Crippen LogP contribution in [-0.4, -0.2) is 38.3 Å². The number of hydrogen-bond donors (Lipinski definition) is 4. The molecule has 0 saturated heterocycles. The maximum atomic E-state index is 10.7. The van der Waals surface area contributed by atoms with Crippen molar-refractivity contribution < 1.29 is 24.9 Å². The second-order valence-electron chi connectivity index (χ2n) is 3.20. The molecule has 2 unspecified atom stereocenters. The first kappa shape index (κ1) is 13.4. The van der Waals surface area contributed by atoms with Crippen LogP contribution in [0.25, 0.3) is 0 Å². The van der Waals surface area contributed by atoms with Gasteiger partial charge in [-0.3, -0.25) is 4.79 Å². The molecular formula is C9H9ClN2O5. The number of nitrogens with two attached hydrogens (primary N) is 1. The average Bonchev–Trinajstić information content (AvgIpc) is 2.27. The highest BCUT2D eigenvalue weighted by molar-refractivity contribution is 6.30. The van der Waals surface area contributed by atoms with Gasteiger partial charge in [-0.25, -0.2) is 9.78 Å². The number of carbonyl (C=O) groups excluding carboxylic acids is 1. The molecule has 7 nitrogen and oxygen atoms in total. The number of halogens is 1.